The van der Waals surface area contributed by atoms with Crippen LogP contribution < -0.4 is 14.2 Å². The van der Waals surface area contributed by atoms with Gasteiger partial charge in [0.25, 0.3) is 11.1 Å². The Kier molecular flexibility index (Phi) is 5.45. The summed E-state index contributed by atoms with van der Waals surface area (Å²) >= 11 is 1.48. The molecule has 0 aliphatic rings. The molecule has 3 aromatic rings. The monoisotopic (exact) mass is 358 g/mol. The normalized spacial score (nSPS) is 10.5. The molecule has 6 nitrogen and oxygen atoms in total. The molecular formula is C18H18N2O4S. The van der Waals surface area contributed by atoms with E-state index in [1.54, 1.807) is 27.4 Å². The number of aromatic nitrogens is 2. The number of rotatable bonds is 7. The molecule has 0 N–H and O–H groups in total. The summed E-state index contributed by atoms with van der Waals surface area (Å²) in [7, 11) is 4.85. The molecule has 0 aliphatic heterocycles. The van der Waals surface area contributed by atoms with Crippen molar-refractivity contribution in [1.82, 2.24) is 10.2 Å². The molecule has 2 aromatic carbocycles. The van der Waals surface area contributed by atoms with Crippen LogP contribution in [0.15, 0.2) is 52.1 Å². The van der Waals surface area contributed by atoms with E-state index in [2.05, 4.69) is 10.2 Å². The second-order valence-electron chi connectivity index (χ2n) is 5.08. The minimum absolute atomic E-state index is 0.414. The Labute approximate surface area is 150 Å². The summed E-state index contributed by atoms with van der Waals surface area (Å²) in [5.41, 5.74) is 1.87. The number of nitrogens with zero attached hydrogens (tertiary/aromatic N) is 2. The van der Waals surface area contributed by atoms with Crippen LogP contribution in [-0.2, 0) is 5.75 Å². The fraction of sp³-hybridized carbons (Fsp3) is 0.222. The van der Waals surface area contributed by atoms with E-state index in [1.165, 1.54) is 11.8 Å². The van der Waals surface area contributed by atoms with E-state index in [9.17, 15) is 0 Å². The molecule has 7 heteroatoms. The molecule has 0 saturated heterocycles. The molecule has 3 rings (SSSR count). The van der Waals surface area contributed by atoms with Gasteiger partial charge >= 0.3 is 0 Å². The number of benzene rings is 2. The van der Waals surface area contributed by atoms with Gasteiger partial charge in [-0.1, -0.05) is 23.9 Å². The average Bonchev–Trinajstić information content (AvgIpc) is 3.15. The summed E-state index contributed by atoms with van der Waals surface area (Å²) in [6, 6.07) is 13.3. The predicted octanol–water partition coefficient (Wildman–Crippen LogP) is 4.05. The Morgan fingerprint density at radius 3 is 2.28 bits per heavy atom. The van der Waals surface area contributed by atoms with Crippen molar-refractivity contribution in [3.8, 4) is 28.7 Å². The Morgan fingerprint density at radius 2 is 1.60 bits per heavy atom. The van der Waals surface area contributed by atoms with Crippen LogP contribution in [0.5, 0.6) is 17.2 Å². The molecule has 25 heavy (non-hydrogen) atoms. The highest BCUT2D eigenvalue weighted by Gasteiger charge is 2.15. The lowest BCUT2D eigenvalue weighted by Crippen LogP contribution is -1.90. The number of hydrogen-bond acceptors (Lipinski definition) is 7. The van der Waals surface area contributed by atoms with Gasteiger partial charge in [-0.05, 0) is 29.8 Å². The van der Waals surface area contributed by atoms with Crippen molar-refractivity contribution in [3.05, 3.63) is 48.0 Å². The molecule has 0 atom stereocenters. The zero-order valence-corrected chi connectivity index (χ0v) is 15.0. The quantitative estimate of drug-likeness (QED) is 0.590. The third-order valence-corrected chi connectivity index (χ3v) is 4.46. The standard InChI is InChI=1S/C18H18N2O4S/c1-21-13-6-4-12(5-7-13)11-25-18-20-19-17(24-18)15-9-8-14(22-2)10-16(15)23-3/h4-10H,11H2,1-3H3. The predicted molar refractivity (Wildman–Crippen MR) is 95.4 cm³/mol. The van der Waals surface area contributed by atoms with Crippen molar-refractivity contribution in [1.29, 1.82) is 0 Å². The maximum Gasteiger partial charge on any atom is 0.277 e. The van der Waals surface area contributed by atoms with Gasteiger partial charge in [-0.25, -0.2) is 0 Å². The van der Waals surface area contributed by atoms with E-state index < -0.39 is 0 Å². The average molecular weight is 358 g/mol. The van der Waals surface area contributed by atoms with Crippen molar-refractivity contribution in [3.63, 3.8) is 0 Å². The van der Waals surface area contributed by atoms with Gasteiger partial charge in [-0.2, -0.15) is 0 Å². The van der Waals surface area contributed by atoms with Crippen LogP contribution in [0.25, 0.3) is 11.5 Å². The summed E-state index contributed by atoms with van der Waals surface area (Å²) in [6.07, 6.45) is 0. The molecule has 0 fully saturated rings. The van der Waals surface area contributed by atoms with Gasteiger partial charge < -0.3 is 18.6 Å². The fourth-order valence-corrected chi connectivity index (χ4v) is 2.94. The smallest absolute Gasteiger partial charge is 0.277 e. The van der Waals surface area contributed by atoms with Crippen LogP contribution in [-0.4, -0.2) is 31.5 Å². The van der Waals surface area contributed by atoms with E-state index in [4.69, 9.17) is 18.6 Å². The summed E-state index contributed by atoms with van der Waals surface area (Å²) in [5, 5.41) is 8.71. The second kappa shape index (κ2) is 7.94. The van der Waals surface area contributed by atoms with Gasteiger partial charge in [0, 0.05) is 11.8 Å². The van der Waals surface area contributed by atoms with Crippen LogP contribution in [0.3, 0.4) is 0 Å². The Balaban J connectivity index is 1.71. The zero-order valence-electron chi connectivity index (χ0n) is 14.2. The second-order valence-corrected chi connectivity index (χ2v) is 6.00. The zero-order chi connectivity index (χ0) is 17.6. The van der Waals surface area contributed by atoms with E-state index in [0.717, 1.165) is 22.6 Å². The fourth-order valence-electron chi connectivity index (χ4n) is 2.22. The van der Waals surface area contributed by atoms with Gasteiger partial charge in [-0.3, -0.25) is 0 Å². The van der Waals surface area contributed by atoms with E-state index in [0.29, 0.717) is 22.6 Å². The topological polar surface area (TPSA) is 66.6 Å². The Morgan fingerprint density at radius 1 is 0.880 bits per heavy atom. The minimum Gasteiger partial charge on any atom is -0.497 e. The van der Waals surface area contributed by atoms with Crippen LogP contribution in [0, 0.1) is 0 Å². The van der Waals surface area contributed by atoms with Crippen molar-refractivity contribution in [2.24, 2.45) is 0 Å². The maximum absolute atomic E-state index is 5.75. The van der Waals surface area contributed by atoms with Crippen molar-refractivity contribution >= 4 is 11.8 Å². The van der Waals surface area contributed by atoms with Crippen LogP contribution in [0.4, 0.5) is 0 Å². The molecule has 0 saturated carbocycles. The highest BCUT2D eigenvalue weighted by Crippen LogP contribution is 2.34. The first kappa shape index (κ1) is 17.2. The number of hydrogen-bond donors (Lipinski definition) is 0. The van der Waals surface area contributed by atoms with Crippen molar-refractivity contribution in [2.45, 2.75) is 11.0 Å². The Hall–Kier alpha value is -2.67. The first-order chi connectivity index (χ1) is 12.2. The highest BCUT2D eigenvalue weighted by molar-refractivity contribution is 7.98. The van der Waals surface area contributed by atoms with E-state index >= 15 is 0 Å². The summed E-state index contributed by atoms with van der Waals surface area (Å²) in [5.74, 6) is 3.30. The number of thioether (sulfide) groups is 1. The largest absolute Gasteiger partial charge is 0.497 e. The summed E-state index contributed by atoms with van der Waals surface area (Å²) < 4.78 is 21.5. The SMILES string of the molecule is COc1ccc(CSc2nnc(-c3ccc(OC)cc3OC)o2)cc1. The lowest BCUT2D eigenvalue weighted by Gasteiger charge is -2.07. The van der Waals surface area contributed by atoms with Gasteiger partial charge in [0.1, 0.15) is 17.2 Å². The first-order valence-electron chi connectivity index (χ1n) is 7.55. The summed E-state index contributed by atoms with van der Waals surface area (Å²) in [4.78, 5) is 0. The third kappa shape index (κ3) is 4.06. The molecule has 0 amide bonds. The van der Waals surface area contributed by atoms with Crippen molar-refractivity contribution < 1.29 is 18.6 Å². The third-order valence-electron chi connectivity index (χ3n) is 3.57. The summed E-state index contributed by atoms with van der Waals surface area (Å²) in [6.45, 7) is 0. The number of methoxy groups -OCH3 is 3. The molecule has 0 radical (unpaired) electrons. The molecule has 0 unspecified atom stereocenters. The molecular weight excluding hydrogens is 340 g/mol. The first-order valence-corrected chi connectivity index (χ1v) is 8.53. The molecule has 1 heterocycles. The van der Waals surface area contributed by atoms with Crippen LogP contribution >= 0.6 is 11.8 Å². The van der Waals surface area contributed by atoms with Gasteiger partial charge in [-0.15, -0.1) is 10.2 Å². The van der Waals surface area contributed by atoms with Gasteiger partial charge in [0.15, 0.2) is 0 Å². The Bertz CT molecular complexity index is 833. The molecule has 0 aliphatic carbocycles. The lowest BCUT2D eigenvalue weighted by molar-refractivity contribution is 0.393. The lowest BCUT2D eigenvalue weighted by atomic mass is 10.2. The van der Waals surface area contributed by atoms with E-state index in [-0.39, 0.29) is 0 Å². The number of ether oxygens (including phenoxy) is 3. The van der Waals surface area contributed by atoms with Crippen LogP contribution in [0.1, 0.15) is 5.56 Å². The van der Waals surface area contributed by atoms with Gasteiger partial charge in [0.2, 0.25) is 0 Å². The van der Waals surface area contributed by atoms with E-state index in [1.807, 2.05) is 36.4 Å². The molecule has 0 spiro atoms. The minimum atomic E-state index is 0.414. The maximum atomic E-state index is 5.75. The van der Waals surface area contributed by atoms with Crippen molar-refractivity contribution in [2.75, 3.05) is 21.3 Å². The highest BCUT2D eigenvalue weighted by atomic mass is 32.2. The molecule has 130 valence electrons. The molecule has 0 bridgehead atoms. The van der Waals surface area contributed by atoms with Gasteiger partial charge in [0.05, 0.1) is 26.9 Å². The van der Waals surface area contributed by atoms with Crippen LogP contribution in [0.2, 0.25) is 0 Å². The molecule has 1 aromatic heterocycles.